The number of benzene rings is 2. The first-order valence-corrected chi connectivity index (χ1v) is 7.41. The molecule has 0 aliphatic heterocycles. The SMILES string of the molecule is CC(NC(=O)c1ccccc1OCC(N)=O)c1ccc(Cl)cc1. The summed E-state index contributed by atoms with van der Waals surface area (Å²) < 4.78 is 5.27. The van der Waals surface area contributed by atoms with E-state index in [4.69, 9.17) is 22.1 Å². The molecule has 0 aliphatic carbocycles. The molecule has 1 unspecified atom stereocenters. The highest BCUT2D eigenvalue weighted by molar-refractivity contribution is 6.30. The van der Waals surface area contributed by atoms with Gasteiger partial charge in [0, 0.05) is 5.02 Å². The molecule has 120 valence electrons. The zero-order valence-corrected chi connectivity index (χ0v) is 13.3. The summed E-state index contributed by atoms with van der Waals surface area (Å²) in [5, 5.41) is 3.52. The zero-order chi connectivity index (χ0) is 16.8. The lowest BCUT2D eigenvalue weighted by Crippen LogP contribution is -2.27. The molecule has 0 saturated heterocycles. The minimum atomic E-state index is -0.602. The van der Waals surface area contributed by atoms with Crippen molar-refractivity contribution >= 4 is 23.4 Å². The quantitative estimate of drug-likeness (QED) is 0.853. The molecule has 6 heteroatoms. The van der Waals surface area contributed by atoms with E-state index in [-0.39, 0.29) is 18.6 Å². The number of carbonyl (C=O) groups is 2. The summed E-state index contributed by atoms with van der Waals surface area (Å²) in [5.74, 6) is -0.589. The molecule has 0 fully saturated rings. The summed E-state index contributed by atoms with van der Waals surface area (Å²) in [4.78, 5) is 23.3. The lowest BCUT2D eigenvalue weighted by Gasteiger charge is -2.16. The van der Waals surface area contributed by atoms with Gasteiger partial charge in [-0.1, -0.05) is 35.9 Å². The largest absolute Gasteiger partial charge is 0.483 e. The smallest absolute Gasteiger partial charge is 0.255 e. The Bertz CT molecular complexity index is 701. The minimum Gasteiger partial charge on any atom is -0.483 e. The first-order chi connectivity index (χ1) is 11.0. The molecule has 0 spiro atoms. The monoisotopic (exact) mass is 332 g/mol. The Morgan fingerprint density at radius 3 is 2.48 bits per heavy atom. The molecule has 2 rings (SSSR count). The first kappa shape index (κ1) is 16.8. The molecule has 2 aromatic carbocycles. The Hall–Kier alpha value is -2.53. The van der Waals surface area contributed by atoms with Gasteiger partial charge >= 0.3 is 0 Å². The van der Waals surface area contributed by atoms with Crippen LogP contribution in [0.15, 0.2) is 48.5 Å². The van der Waals surface area contributed by atoms with Crippen molar-refractivity contribution < 1.29 is 14.3 Å². The van der Waals surface area contributed by atoms with Crippen molar-refractivity contribution in [2.24, 2.45) is 5.73 Å². The van der Waals surface area contributed by atoms with Crippen LogP contribution < -0.4 is 15.8 Å². The number of ether oxygens (including phenoxy) is 1. The van der Waals surface area contributed by atoms with Crippen molar-refractivity contribution in [3.05, 3.63) is 64.7 Å². The predicted octanol–water partition coefficient (Wildman–Crippen LogP) is 2.70. The number of rotatable bonds is 6. The molecule has 0 heterocycles. The number of hydrogen-bond donors (Lipinski definition) is 2. The van der Waals surface area contributed by atoms with Crippen LogP contribution in [0.5, 0.6) is 5.75 Å². The number of primary amides is 1. The zero-order valence-electron chi connectivity index (χ0n) is 12.6. The normalized spacial score (nSPS) is 11.6. The van der Waals surface area contributed by atoms with E-state index < -0.39 is 5.91 Å². The van der Waals surface area contributed by atoms with Gasteiger partial charge in [-0.2, -0.15) is 0 Å². The van der Waals surface area contributed by atoms with Gasteiger partial charge < -0.3 is 15.8 Å². The van der Waals surface area contributed by atoms with E-state index >= 15 is 0 Å². The van der Waals surface area contributed by atoms with Crippen LogP contribution in [0.3, 0.4) is 0 Å². The number of carbonyl (C=O) groups excluding carboxylic acids is 2. The summed E-state index contributed by atoms with van der Waals surface area (Å²) in [6, 6.07) is 13.7. The Morgan fingerprint density at radius 1 is 1.17 bits per heavy atom. The van der Waals surface area contributed by atoms with E-state index in [2.05, 4.69) is 5.32 Å². The maximum atomic E-state index is 12.4. The van der Waals surface area contributed by atoms with Crippen molar-refractivity contribution in [3.8, 4) is 5.75 Å². The number of hydrogen-bond acceptors (Lipinski definition) is 3. The molecule has 0 aliphatic rings. The van der Waals surface area contributed by atoms with Crippen molar-refractivity contribution in [2.75, 3.05) is 6.61 Å². The standard InChI is InChI=1S/C17H17ClN2O3/c1-11(12-6-8-13(18)9-7-12)20-17(22)14-4-2-3-5-15(14)23-10-16(19)21/h2-9,11H,10H2,1H3,(H2,19,21)(H,20,22). The van der Waals surface area contributed by atoms with Gasteiger partial charge in [0.15, 0.2) is 6.61 Å². The third-order valence-corrected chi connectivity index (χ3v) is 3.47. The number of nitrogens with one attached hydrogen (secondary N) is 1. The second kappa shape index (κ2) is 7.65. The molecule has 0 radical (unpaired) electrons. The number of nitrogens with two attached hydrogens (primary N) is 1. The van der Waals surface area contributed by atoms with Gasteiger partial charge in [-0.15, -0.1) is 0 Å². The maximum absolute atomic E-state index is 12.4. The summed E-state index contributed by atoms with van der Waals surface area (Å²) in [6.07, 6.45) is 0. The molecule has 23 heavy (non-hydrogen) atoms. The Balaban J connectivity index is 2.11. The molecule has 3 N–H and O–H groups in total. The van der Waals surface area contributed by atoms with Crippen molar-refractivity contribution in [1.29, 1.82) is 0 Å². The lowest BCUT2D eigenvalue weighted by atomic mass is 10.1. The van der Waals surface area contributed by atoms with Gasteiger partial charge in [0.1, 0.15) is 5.75 Å². The van der Waals surface area contributed by atoms with Gasteiger partial charge in [0.05, 0.1) is 11.6 Å². The van der Waals surface area contributed by atoms with Crippen LogP contribution in [-0.2, 0) is 4.79 Å². The van der Waals surface area contributed by atoms with Gasteiger partial charge in [-0.05, 0) is 36.8 Å². The molecule has 0 bridgehead atoms. The Kier molecular flexibility index (Phi) is 5.60. The number of para-hydroxylation sites is 1. The van der Waals surface area contributed by atoms with E-state index in [1.807, 2.05) is 19.1 Å². The fraction of sp³-hybridized carbons (Fsp3) is 0.176. The van der Waals surface area contributed by atoms with Crippen LogP contribution in [0, 0.1) is 0 Å². The summed E-state index contributed by atoms with van der Waals surface area (Å²) >= 11 is 5.86. The third kappa shape index (κ3) is 4.72. The molecule has 0 aromatic heterocycles. The average molecular weight is 333 g/mol. The highest BCUT2D eigenvalue weighted by Crippen LogP contribution is 2.20. The lowest BCUT2D eigenvalue weighted by molar-refractivity contribution is -0.119. The minimum absolute atomic E-state index is 0.205. The fourth-order valence-corrected chi connectivity index (χ4v) is 2.16. The molecule has 2 aromatic rings. The number of amides is 2. The first-order valence-electron chi connectivity index (χ1n) is 7.04. The average Bonchev–Trinajstić information content (AvgIpc) is 2.53. The van der Waals surface area contributed by atoms with Crippen LogP contribution in [-0.4, -0.2) is 18.4 Å². The van der Waals surface area contributed by atoms with Gasteiger partial charge in [-0.25, -0.2) is 0 Å². The highest BCUT2D eigenvalue weighted by Gasteiger charge is 2.15. The summed E-state index contributed by atoms with van der Waals surface area (Å²) in [6.45, 7) is 1.59. The van der Waals surface area contributed by atoms with E-state index in [0.717, 1.165) is 5.56 Å². The molecule has 1 atom stereocenters. The fourth-order valence-electron chi connectivity index (χ4n) is 2.04. The van der Waals surface area contributed by atoms with E-state index in [0.29, 0.717) is 16.3 Å². The predicted molar refractivity (Wildman–Crippen MR) is 88.5 cm³/mol. The van der Waals surface area contributed by atoms with Crippen molar-refractivity contribution in [3.63, 3.8) is 0 Å². The topological polar surface area (TPSA) is 81.4 Å². The van der Waals surface area contributed by atoms with Crippen LogP contribution in [0.1, 0.15) is 28.9 Å². The summed E-state index contributed by atoms with van der Waals surface area (Å²) in [5.41, 5.74) is 6.33. The van der Waals surface area contributed by atoms with Gasteiger partial charge in [0.25, 0.3) is 11.8 Å². The van der Waals surface area contributed by atoms with E-state index in [1.165, 1.54) is 0 Å². The highest BCUT2D eigenvalue weighted by atomic mass is 35.5. The summed E-state index contributed by atoms with van der Waals surface area (Å²) in [7, 11) is 0. The maximum Gasteiger partial charge on any atom is 0.255 e. The van der Waals surface area contributed by atoms with Crippen molar-refractivity contribution in [1.82, 2.24) is 5.32 Å². The van der Waals surface area contributed by atoms with Crippen LogP contribution in [0.25, 0.3) is 0 Å². The second-order valence-corrected chi connectivity index (χ2v) is 5.43. The number of halogens is 1. The van der Waals surface area contributed by atoms with E-state index in [1.54, 1.807) is 36.4 Å². The van der Waals surface area contributed by atoms with Crippen molar-refractivity contribution in [2.45, 2.75) is 13.0 Å². The van der Waals surface area contributed by atoms with Gasteiger partial charge in [0.2, 0.25) is 0 Å². The third-order valence-electron chi connectivity index (χ3n) is 3.22. The van der Waals surface area contributed by atoms with Crippen LogP contribution >= 0.6 is 11.6 Å². The van der Waals surface area contributed by atoms with E-state index in [9.17, 15) is 9.59 Å². The Morgan fingerprint density at radius 2 is 1.83 bits per heavy atom. The van der Waals surface area contributed by atoms with Crippen LogP contribution in [0.2, 0.25) is 5.02 Å². The molecule has 0 saturated carbocycles. The Labute approximate surface area is 139 Å². The molecule has 2 amide bonds. The van der Waals surface area contributed by atoms with Gasteiger partial charge in [-0.3, -0.25) is 9.59 Å². The van der Waals surface area contributed by atoms with Crippen LogP contribution in [0.4, 0.5) is 0 Å². The molecular weight excluding hydrogens is 316 g/mol. The molecular formula is C17H17ClN2O3. The second-order valence-electron chi connectivity index (χ2n) is 5.00. The molecule has 5 nitrogen and oxygen atoms in total.